The van der Waals surface area contributed by atoms with Crippen LogP contribution in [0.4, 0.5) is 0 Å². The Hall–Kier alpha value is -5.22. The van der Waals surface area contributed by atoms with Crippen LogP contribution in [-0.4, -0.2) is 24.2 Å². The summed E-state index contributed by atoms with van der Waals surface area (Å²) in [5, 5.41) is 4.31. The van der Waals surface area contributed by atoms with E-state index in [1.807, 2.05) is 12.4 Å². The average Bonchev–Trinajstić information content (AvgIpc) is 3.77. The normalized spacial score (nSPS) is 12.8. The molecule has 42 heavy (non-hydrogen) atoms. The summed E-state index contributed by atoms with van der Waals surface area (Å²) in [7, 11) is 3.43. The molecule has 0 spiro atoms. The first-order valence-corrected chi connectivity index (χ1v) is 14.2. The van der Waals surface area contributed by atoms with Gasteiger partial charge in [0, 0.05) is 46.4 Å². The van der Waals surface area contributed by atoms with Gasteiger partial charge in [0.05, 0.1) is 14.2 Å². The van der Waals surface area contributed by atoms with Crippen molar-refractivity contribution in [1.29, 1.82) is 0 Å². The van der Waals surface area contributed by atoms with Crippen LogP contribution in [0.5, 0.6) is 11.5 Å². The van der Waals surface area contributed by atoms with Crippen molar-refractivity contribution in [1.82, 2.24) is 9.97 Å². The zero-order chi connectivity index (χ0) is 28.5. The van der Waals surface area contributed by atoms with Crippen LogP contribution in [0.3, 0.4) is 0 Å². The number of nitrogens with one attached hydrogen (secondary N) is 2. The number of aromatic nitrogens is 2. The van der Waals surface area contributed by atoms with Gasteiger partial charge in [0.25, 0.3) is 0 Å². The molecule has 0 aliphatic rings. The minimum atomic E-state index is 0.0629. The maximum absolute atomic E-state index is 5.98. The Morgan fingerprint density at radius 3 is 1.21 bits per heavy atom. The van der Waals surface area contributed by atoms with E-state index >= 15 is 0 Å². The van der Waals surface area contributed by atoms with E-state index < -0.39 is 0 Å². The lowest BCUT2D eigenvalue weighted by Gasteiger charge is -2.22. The smallest absolute Gasteiger partial charge is 0.169 e. The number of ether oxygens (including phenoxy) is 2. The van der Waals surface area contributed by atoms with Crippen molar-refractivity contribution in [2.24, 2.45) is 0 Å². The predicted molar refractivity (Wildman–Crippen MR) is 171 cm³/mol. The van der Waals surface area contributed by atoms with Crippen LogP contribution in [0.1, 0.15) is 45.5 Å². The fourth-order valence-corrected chi connectivity index (χ4v) is 6.42. The Bertz CT molecular complexity index is 1800. The van der Waals surface area contributed by atoms with Crippen molar-refractivity contribution in [2.45, 2.75) is 11.8 Å². The number of benzene rings is 5. The van der Waals surface area contributed by atoms with Gasteiger partial charge in [-0.1, -0.05) is 84.9 Å². The lowest BCUT2D eigenvalue weighted by Crippen LogP contribution is -2.05. The lowest BCUT2D eigenvalue weighted by atomic mass is 9.84. The Morgan fingerprint density at radius 1 is 0.429 bits per heavy atom. The standard InChI is InChI=1S/C38H32N2O2/c1-41-37-29-19-17-27(35(33-15-9-21-39-33)25-11-5-3-6-12-25)23-31(29)32-24-28(18-20-30(32)38(37)42-2)36(34-16-10-22-40-34)26-13-7-4-8-14-26/h3-24,35-36,39-40H,1-2H3. The number of hydrogen-bond acceptors (Lipinski definition) is 2. The molecule has 0 aliphatic carbocycles. The molecule has 0 saturated heterocycles. The number of hydrogen-bond donors (Lipinski definition) is 2. The lowest BCUT2D eigenvalue weighted by molar-refractivity contribution is 0.362. The third kappa shape index (κ3) is 4.42. The monoisotopic (exact) mass is 548 g/mol. The highest BCUT2D eigenvalue weighted by Gasteiger charge is 2.23. The van der Waals surface area contributed by atoms with Crippen LogP contribution in [0.25, 0.3) is 21.5 Å². The quantitative estimate of drug-likeness (QED) is 0.186. The summed E-state index contributed by atoms with van der Waals surface area (Å²) in [6.07, 6.45) is 3.98. The Labute approximate surface area is 245 Å². The van der Waals surface area contributed by atoms with E-state index in [4.69, 9.17) is 9.47 Å². The van der Waals surface area contributed by atoms with E-state index in [0.717, 1.165) is 44.4 Å². The fourth-order valence-electron chi connectivity index (χ4n) is 6.42. The largest absolute Gasteiger partial charge is 0.492 e. The molecule has 206 valence electrons. The molecule has 2 aromatic heterocycles. The van der Waals surface area contributed by atoms with Gasteiger partial charge >= 0.3 is 0 Å². The Balaban J connectivity index is 1.50. The van der Waals surface area contributed by atoms with Crippen molar-refractivity contribution in [2.75, 3.05) is 14.2 Å². The summed E-state index contributed by atoms with van der Waals surface area (Å²) >= 11 is 0. The van der Waals surface area contributed by atoms with Crippen molar-refractivity contribution in [3.05, 3.63) is 167 Å². The molecule has 4 heteroatoms. The molecule has 0 fully saturated rings. The van der Waals surface area contributed by atoms with Gasteiger partial charge in [-0.15, -0.1) is 0 Å². The highest BCUT2D eigenvalue weighted by Crippen LogP contribution is 2.46. The fraction of sp³-hybridized carbons (Fsp3) is 0.105. The van der Waals surface area contributed by atoms with Crippen LogP contribution in [-0.2, 0) is 0 Å². The number of fused-ring (bicyclic) bond motifs is 3. The van der Waals surface area contributed by atoms with Crippen LogP contribution in [0, 0.1) is 0 Å². The minimum absolute atomic E-state index is 0.0629. The van der Waals surface area contributed by atoms with Crippen LogP contribution in [0.15, 0.2) is 134 Å². The first-order chi connectivity index (χ1) is 20.8. The Kier molecular flexibility index (Phi) is 6.73. The van der Waals surface area contributed by atoms with E-state index in [-0.39, 0.29) is 11.8 Å². The van der Waals surface area contributed by atoms with Crippen molar-refractivity contribution < 1.29 is 9.47 Å². The van der Waals surface area contributed by atoms with Crippen molar-refractivity contribution in [3.63, 3.8) is 0 Å². The molecule has 2 atom stereocenters. The highest BCUT2D eigenvalue weighted by molar-refractivity contribution is 6.14. The molecule has 5 aromatic carbocycles. The summed E-state index contributed by atoms with van der Waals surface area (Å²) in [4.78, 5) is 6.94. The van der Waals surface area contributed by atoms with Gasteiger partial charge in [0.15, 0.2) is 11.5 Å². The molecule has 2 heterocycles. The summed E-state index contributed by atoms with van der Waals surface area (Å²) in [6, 6.07) is 43.2. The maximum Gasteiger partial charge on any atom is 0.169 e. The summed E-state index contributed by atoms with van der Waals surface area (Å²) in [5.74, 6) is 1.62. The number of rotatable bonds is 8. The van der Waals surface area contributed by atoms with Gasteiger partial charge in [0.1, 0.15) is 0 Å². The zero-order valence-electron chi connectivity index (χ0n) is 23.7. The highest BCUT2D eigenvalue weighted by atomic mass is 16.5. The first-order valence-electron chi connectivity index (χ1n) is 14.2. The van der Waals surface area contributed by atoms with E-state index in [1.54, 1.807) is 14.2 Å². The van der Waals surface area contributed by atoms with E-state index in [2.05, 4.69) is 131 Å². The third-order valence-corrected chi connectivity index (χ3v) is 8.28. The predicted octanol–water partition coefficient (Wildman–Crippen LogP) is 9.03. The molecule has 0 saturated carbocycles. The summed E-state index contributed by atoms with van der Waals surface area (Å²) < 4.78 is 12.0. The first kappa shape index (κ1) is 25.7. The molecule has 0 radical (unpaired) electrons. The molecule has 4 nitrogen and oxygen atoms in total. The Morgan fingerprint density at radius 2 is 0.857 bits per heavy atom. The molecular formula is C38H32N2O2. The van der Waals surface area contributed by atoms with Crippen LogP contribution >= 0.6 is 0 Å². The van der Waals surface area contributed by atoms with Crippen LogP contribution < -0.4 is 9.47 Å². The van der Waals surface area contributed by atoms with Gasteiger partial charge in [0.2, 0.25) is 0 Å². The average molecular weight is 549 g/mol. The maximum atomic E-state index is 5.98. The van der Waals surface area contributed by atoms with Gasteiger partial charge in [-0.2, -0.15) is 0 Å². The molecule has 2 unspecified atom stereocenters. The zero-order valence-corrected chi connectivity index (χ0v) is 23.7. The molecule has 7 rings (SSSR count). The molecule has 2 N–H and O–H groups in total. The van der Waals surface area contributed by atoms with Gasteiger partial charge in [-0.05, 0) is 69.4 Å². The summed E-state index contributed by atoms with van der Waals surface area (Å²) in [5.41, 5.74) is 7.20. The van der Waals surface area contributed by atoms with E-state index in [1.165, 1.54) is 22.3 Å². The second-order valence-electron chi connectivity index (χ2n) is 10.6. The summed E-state index contributed by atoms with van der Waals surface area (Å²) in [6.45, 7) is 0. The topological polar surface area (TPSA) is 50.0 Å². The second kappa shape index (κ2) is 11.0. The van der Waals surface area contributed by atoms with Crippen molar-refractivity contribution in [3.8, 4) is 11.5 Å². The number of H-pyrrole nitrogens is 2. The minimum Gasteiger partial charge on any atom is -0.492 e. The third-order valence-electron chi connectivity index (χ3n) is 8.28. The van der Waals surface area contributed by atoms with Gasteiger partial charge in [-0.25, -0.2) is 0 Å². The SMILES string of the molecule is COc1c(OC)c2ccc(C(c3ccccc3)c3ccc[nH]3)cc2c2cc(C(c3ccccc3)c3ccc[nH]3)ccc12. The van der Waals surface area contributed by atoms with Crippen molar-refractivity contribution >= 4 is 21.5 Å². The molecule has 0 amide bonds. The molecule has 7 aromatic rings. The number of aromatic amines is 2. The molecule has 0 aliphatic heterocycles. The molecular weight excluding hydrogens is 516 g/mol. The van der Waals surface area contributed by atoms with Crippen LogP contribution in [0.2, 0.25) is 0 Å². The van der Waals surface area contributed by atoms with Gasteiger partial charge < -0.3 is 19.4 Å². The molecule has 0 bridgehead atoms. The van der Waals surface area contributed by atoms with E-state index in [0.29, 0.717) is 0 Å². The van der Waals surface area contributed by atoms with E-state index in [9.17, 15) is 0 Å². The van der Waals surface area contributed by atoms with Gasteiger partial charge in [-0.3, -0.25) is 0 Å². The number of methoxy groups -OCH3 is 2. The second-order valence-corrected chi connectivity index (χ2v) is 10.6.